The zero-order valence-electron chi connectivity index (χ0n) is 18.7. The van der Waals surface area contributed by atoms with Gasteiger partial charge in [-0.1, -0.05) is 25.1 Å². The first-order chi connectivity index (χ1) is 17.1. The molecule has 12 heteroatoms. The van der Waals surface area contributed by atoms with Gasteiger partial charge in [0.15, 0.2) is 0 Å². The quantitative estimate of drug-likeness (QED) is 0.335. The predicted molar refractivity (Wildman–Crippen MR) is 123 cm³/mol. The summed E-state index contributed by atoms with van der Waals surface area (Å²) in [7, 11) is 0. The molecule has 1 aliphatic heterocycles. The van der Waals surface area contributed by atoms with Crippen molar-refractivity contribution in [1.82, 2.24) is 15.7 Å². The minimum absolute atomic E-state index is 0.0879. The second-order valence-electron chi connectivity index (χ2n) is 7.84. The number of urea groups is 1. The van der Waals surface area contributed by atoms with Gasteiger partial charge in [-0.25, -0.2) is 9.69 Å². The third kappa shape index (κ3) is 5.37. The van der Waals surface area contributed by atoms with E-state index in [4.69, 9.17) is 0 Å². The minimum Gasteiger partial charge on any atom is -0.406 e. The van der Waals surface area contributed by atoms with E-state index in [2.05, 4.69) is 25.9 Å². The highest BCUT2D eigenvalue weighted by Crippen LogP contribution is 2.32. The summed E-state index contributed by atoms with van der Waals surface area (Å²) >= 11 is 0. The molecular weight excluding hydrogens is 479 g/mol. The van der Waals surface area contributed by atoms with Crippen LogP contribution in [0.4, 0.5) is 29.3 Å². The average molecular weight is 499 g/mol. The lowest BCUT2D eigenvalue weighted by Gasteiger charge is -2.21. The normalized spacial score (nSPS) is 16.3. The highest BCUT2D eigenvalue weighted by atomic mass is 19.4. The van der Waals surface area contributed by atoms with Crippen LogP contribution in [-0.2, 0) is 4.79 Å². The molecule has 0 saturated carbocycles. The van der Waals surface area contributed by atoms with Crippen molar-refractivity contribution in [3.63, 3.8) is 0 Å². The second-order valence-corrected chi connectivity index (χ2v) is 7.84. The molecule has 2 atom stereocenters. The SMILES string of the molecule is CC(c1ccncc1NNC(=O)c1ccccc1)C1NC(=O)N(c2ccc(OC(F)(F)F)cc2)C1=O. The van der Waals surface area contributed by atoms with Crippen LogP contribution in [0, 0.1) is 0 Å². The molecule has 4 amide bonds. The molecule has 0 bridgehead atoms. The van der Waals surface area contributed by atoms with E-state index < -0.39 is 36.0 Å². The first-order valence-electron chi connectivity index (χ1n) is 10.7. The Morgan fingerprint density at radius 1 is 1.08 bits per heavy atom. The summed E-state index contributed by atoms with van der Waals surface area (Å²) < 4.78 is 41.0. The van der Waals surface area contributed by atoms with Gasteiger partial charge in [-0.3, -0.25) is 25.4 Å². The maximum Gasteiger partial charge on any atom is 0.573 e. The number of carbonyl (C=O) groups is 3. The molecule has 0 spiro atoms. The third-order valence-corrected chi connectivity index (χ3v) is 5.49. The van der Waals surface area contributed by atoms with Crippen molar-refractivity contribution >= 4 is 29.2 Å². The number of pyridine rings is 1. The topological polar surface area (TPSA) is 113 Å². The van der Waals surface area contributed by atoms with E-state index in [-0.39, 0.29) is 11.6 Å². The van der Waals surface area contributed by atoms with Crippen LogP contribution in [-0.4, -0.2) is 35.2 Å². The van der Waals surface area contributed by atoms with Crippen LogP contribution < -0.4 is 25.8 Å². The molecular formula is C24H20F3N5O4. The number of amides is 4. The highest BCUT2D eigenvalue weighted by molar-refractivity contribution is 6.21. The summed E-state index contributed by atoms with van der Waals surface area (Å²) in [6.45, 7) is 1.71. The Hall–Kier alpha value is -4.61. The molecule has 1 aromatic heterocycles. The van der Waals surface area contributed by atoms with Gasteiger partial charge in [-0.15, -0.1) is 13.2 Å². The first kappa shape index (κ1) is 24.5. The molecule has 3 N–H and O–H groups in total. The molecule has 3 aromatic rings. The van der Waals surface area contributed by atoms with Crippen LogP contribution in [0.15, 0.2) is 73.1 Å². The fourth-order valence-corrected chi connectivity index (χ4v) is 3.75. The van der Waals surface area contributed by atoms with Crippen LogP contribution in [0.3, 0.4) is 0 Å². The van der Waals surface area contributed by atoms with Gasteiger partial charge in [0.1, 0.15) is 11.8 Å². The van der Waals surface area contributed by atoms with Crippen molar-refractivity contribution in [2.24, 2.45) is 0 Å². The number of nitrogens with one attached hydrogen (secondary N) is 3. The smallest absolute Gasteiger partial charge is 0.406 e. The Morgan fingerprint density at radius 3 is 2.44 bits per heavy atom. The largest absolute Gasteiger partial charge is 0.573 e. The first-order valence-corrected chi connectivity index (χ1v) is 10.7. The number of aromatic nitrogens is 1. The van der Waals surface area contributed by atoms with Crippen molar-refractivity contribution in [3.05, 3.63) is 84.2 Å². The summed E-state index contributed by atoms with van der Waals surface area (Å²) in [6, 6.07) is 12.9. The lowest BCUT2D eigenvalue weighted by atomic mass is 9.92. The zero-order valence-corrected chi connectivity index (χ0v) is 18.7. The second kappa shape index (κ2) is 9.94. The van der Waals surface area contributed by atoms with Crippen LogP contribution >= 0.6 is 0 Å². The summed E-state index contributed by atoms with van der Waals surface area (Å²) in [4.78, 5) is 43.0. The number of hydrogen-bond acceptors (Lipinski definition) is 6. The Balaban J connectivity index is 1.48. The van der Waals surface area contributed by atoms with Crippen LogP contribution in [0.25, 0.3) is 0 Å². The van der Waals surface area contributed by atoms with Gasteiger partial charge in [0, 0.05) is 17.7 Å². The van der Waals surface area contributed by atoms with Crippen molar-refractivity contribution in [2.45, 2.75) is 25.2 Å². The Labute approximate surface area is 203 Å². The predicted octanol–water partition coefficient (Wildman–Crippen LogP) is 3.97. The molecule has 186 valence electrons. The Morgan fingerprint density at radius 2 is 1.78 bits per heavy atom. The van der Waals surface area contributed by atoms with Crippen LogP contribution in [0.5, 0.6) is 5.75 Å². The van der Waals surface area contributed by atoms with Gasteiger partial charge < -0.3 is 10.1 Å². The number of rotatable bonds is 7. The molecule has 0 radical (unpaired) electrons. The number of alkyl halides is 3. The van der Waals surface area contributed by atoms with E-state index in [1.54, 1.807) is 43.3 Å². The molecule has 36 heavy (non-hydrogen) atoms. The molecule has 2 heterocycles. The number of halogens is 3. The number of nitrogens with zero attached hydrogens (tertiary/aromatic N) is 2. The van der Waals surface area contributed by atoms with E-state index in [0.29, 0.717) is 16.8 Å². The Bertz CT molecular complexity index is 1270. The number of anilines is 2. The van der Waals surface area contributed by atoms with Crippen molar-refractivity contribution in [2.75, 3.05) is 10.3 Å². The molecule has 1 fully saturated rings. The maximum atomic E-state index is 13.1. The average Bonchev–Trinajstić information content (AvgIpc) is 3.16. The summed E-state index contributed by atoms with van der Waals surface area (Å²) in [5.74, 6) is -2.01. The van der Waals surface area contributed by atoms with E-state index in [9.17, 15) is 27.6 Å². The lowest BCUT2D eigenvalue weighted by molar-refractivity contribution is -0.274. The monoisotopic (exact) mass is 499 g/mol. The molecule has 4 rings (SSSR count). The fourth-order valence-electron chi connectivity index (χ4n) is 3.75. The number of hydrogen-bond donors (Lipinski definition) is 3. The van der Waals surface area contributed by atoms with Gasteiger partial charge in [0.05, 0.1) is 17.6 Å². The van der Waals surface area contributed by atoms with Crippen molar-refractivity contribution in [1.29, 1.82) is 0 Å². The molecule has 0 aliphatic carbocycles. The van der Waals surface area contributed by atoms with E-state index in [1.807, 2.05) is 0 Å². The summed E-state index contributed by atoms with van der Waals surface area (Å²) in [5.41, 5.74) is 6.91. The van der Waals surface area contributed by atoms with E-state index >= 15 is 0 Å². The number of imide groups is 1. The number of hydrazine groups is 1. The zero-order chi connectivity index (χ0) is 25.9. The lowest BCUT2D eigenvalue weighted by Crippen LogP contribution is -2.36. The minimum atomic E-state index is -4.86. The van der Waals surface area contributed by atoms with Crippen molar-refractivity contribution < 1.29 is 32.3 Å². The van der Waals surface area contributed by atoms with Crippen molar-refractivity contribution in [3.8, 4) is 5.75 Å². The standard InChI is InChI=1S/C24H20F3N5O4/c1-14(18-11-12-28-13-19(18)30-31-21(33)15-5-3-2-4-6-15)20-22(34)32(23(35)29-20)16-7-9-17(10-8-16)36-24(25,26)27/h2-14,20,30H,1H3,(H,29,35)(H,31,33). The number of carbonyl (C=O) groups excluding carboxylic acids is 3. The Kier molecular flexibility index (Phi) is 6.77. The summed E-state index contributed by atoms with van der Waals surface area (Å²) in [5, 5.41) is 2.61. The van der Waals surface area contributed by atoms with Gasteiger partial charge in [-0.05, 0) is 48.0 Å². The third-order valence-electron chi connectivity index (χ3n) is 5.49. The van der Waals surface area contributed by atoms with E-state index in [1.165, 1.54) is 24.5 Å². The van der Waals surface area contributed by atoms with Crippen LogP contribution in [0.2, 0.25) is 0 Å². The van der Waals surface area contributed by atoms with Gasteiger partial charge in [0.25, 0.3) is 11.8 Å². The number of benzene rings is 2. The highest BCUT2D eigenvalue weighted by Gasteiger charge is 2.43. The number of ether oxygens (including phenoxy) is 1. The molecule has 2 unspecified atom stereocenters. The van der Waals surface area contributed by atoms with Gasteiger partial charge >= 0.3 is 12.4 Å². The van der Waals surface area contributed by atoms with Gasteiger partial charge in [0.2, 0.25) is 0 Å². The van der Waals surface area contributed by atoms with Gasteiger partial charge in [-0.2, -0.15) is 0 Å². The molecule has 9 nitrogen and oxygen atoms in total. The molecule has 2 aromatic carbocycles. The maximum absolute atomic E-state index is 13.1. The molecule has 1 saturated heterocycles. The van der Waals surface area contributed by atoms with E-state index in [0.717, 1.165) is 17.0 Å². The molecule has 1 aliphatic rings. The summed E-state index contributed by atoms with van der Waals surface area (Å²) in [6.07, 6.45) is -1.89. The van der Waals surface area contributed by atoms with Crippen LogP contribution in [0.1, 0.15) is 28.8 Å². The fraction of sp³-hybridized carbons (Fsp3) is 0.167.